The Balaban J connectivity index is 0.981. The van der Waals surface area contributed by atoms with Gasteiger partial charge in [-0.25, -0.2) is 0 Å². The molecule has 0 aromatic carbocycles. The van der Waals surface area contributed by atoms with Crippen LogP contribution in [-0.4, -0.2) is 316 Å². The fraction of sp³-hybridized carbons (Fsp3) is 1.00. The second kappa shape index (κ2) is 30.0. The van der Waals surface area contributed by atoms with Crippen LogP contribution in [-0.2, 0) is 75.8 Å². The zero-order chi connectivity index (χ0) is 63.2. The largest absolute Gasteiger partial charge is 0.388 e. The molecule has 0 saturated carbocycles. The first-order chi connectivity index (χ1) is 41.5. The highest BCUT2D eigenvalue weighted by atomic mass is 16.8. The molecular formula is C56H96O31. The molecular weight excluding hydrogens is 1170 g/mol. The second-order valence-corrected chi connectivity index (χ2v) is 24.2. The van der Waals surface area contributed by atoms with E-state index < -0.39 is 240 Å². The minimum Gasteiger partial charge on any atom is -0.388 e. The molecule has 15 N–H and O–H groups in total. The highest BCUT2D eigenvalue weighted by Crippen LogP contribution is 2.41. The first kappa shape index (κ1) is 70.1. The molecule has 0 aliphatic carbocycles. The second-order valence-electron chi connectivity index (χ2n) is 24.2. The molecule has 26 heterocycles. The molecule has 31 heteroatoms. The third-order valence-electron chi connectivity index (χ3n) is 18.6. The van der Waals surface area contributed by atoms with Crippen molar-refractivity contribution in [1.82, 2.24) is 0 Å². The van der Waals surface area contributed by atoms with Gasteiger partial charge in [-0.1, -0.05) is 55.4 Å². The number of aliphatic hydroxyl groups excluding tert-OH is 15. The maximum atomic E-state index is 11.9. The summed E-state index contributed by atoms with van der Waals surface area (Å²) < 4.78 is 98.5. The first-order valence-corrected chi connectivity index (χ1v) is 31.2. The van der Waals surface area contributed by atoms with Crippen LogP contribution in [0, 0.1) is 0 Å². The van der Waals surface area contributed by atoms with Crippen LogP contribution in [0.15, 0.2) is 0 Å². The van der Waals surface area contributed by atoms with Gasteiger partial charge in [-0.2, -0.15) is 0 Å². The lowest BCUT2D eigenvalue weighted by Gasteiger charge is -2.50. The SMILES string of the molecule is CCC1O[C@H]2O[C@@H]3C(CC)O[C@H](O[C@@H]4C(CC)O[C@H](O[C@@H]5C(CC)O[C@H](O[C@@H]6C(CC)O[C@H](O[C@@H]7C(CC)O[C@H](O[C@@H]8C(CC)O[C@H](O[C@@H]9C(O)[C@@H](OC(CC)[C@H]9O)O[C@H]1CC2O)C(O)[C@H]8O)C(O)[C@H]7O)C(O)[C@H]6O)C(O)[C@H]5O)C(O)[C@H]4O)C(O)[C@H]3O. The number of hydrogen-bond acceptors (Lipinski definition) is 31. The zero-order valence-electron chi connectivity index (χ0n) is 50.1. The van der Waals surface area contributed by atoms with Crippen molar-refractivity contribution in [3.8, 4) is 0 Å². The minimum atomic E-state index is -1.94. The molecule has 0 spiro atoms. The van der Waals surface area contributed by atoms with E-state index in [0.717, 1.165) is 0 Å². The quantitative estimate of drug-likeness (QED) is 0.108. The topological polar surface area (TPSA) is 451 Å². The molecule has 0 aromatic rings. The number of hydrogen-bond donors (Lipinski definition) is 15. The molecule has 0 radical (unpaired) electrons. The molecule has 26 aliphatic rings. The van der Waals surface area contributed by atoms with E-state index in [9.17, 15) is 76.6 Å². The Kier molecular flexibility index (Phi) is 24.2. The summed E-state index contributed by atoms with van der Waals surface area (Å²) in [6.45, 7) is 13.5. The maximum absolute atomic E-state index is 11.9. The molecule has 16 bridgehead atoms. The summed E-state index contributed by atoms with van der Waals surface area (Å²) in [4.78, 5) is 0. The summed E-state index contributed by atoms with van der Waals surface area (Å²) in [5.41, 5.74) is 0. The third-order valence-corrected chi connectivity index (χ3v) is 18.6. The van der Waals surface area contributed by atoms with Gasteiger partial charge < -0.3 is 152 Å². The van der Waals surface area contributed by atoms with Crippen molar-refractivity contribution in [2.24, 2.45) is 0 Å². The molecule has 26 fully saturated rings. The van der Waals surface area contributed by atoms with Gasteiger partial charge in [0.1, 0.15) is 134 Å². The van der Waals surface area contributed by atoms with Crippen LogP contribution in [0.1, 0.15) is 113 Å². The van der Waals surface area contributed by atoms with Crippen molar-refractivity contribution in [2.75, 3.05) is 0 Å². The zero-order valence-corrected chi connectivity index (χ0v) is 50.1. The van der Waals surface area contributed by atoms with E-state index in [1.165, 1.54) is 0 Å². The van der Waals surface area contributed by atoms with Crippen LogP contribution in [0.3, 0.4) is 0 Å². The molecule has 26 aliphatic heterocycles. The van der Waals surface area contributed by atoms with Crippen molar-refractivity contribution < 1.29 is 152 Å². The van der Waals surface area contributed by atoms with E-state index in [1.54, 1.807) is 55.4 Å². The van der Waals surface area contributed by atoms with E-state index in [0.29, 0.717) is 0 Å². The van der Waals surface area contributed by atoms with Crippen LogP contribution in [0.4, 0.5) is 0 Å². The van der Waals surface area contributed by atoms with E-state index in [1.807, 2.05) is 0 Å². The van der Waals surface area contributed by atoms with Gasteiger partial charge in [0, 0.05) is 6.42 Å². The fourth-order valence-corrected chi connectivity index (χ4v) is 13.3. The summed E-state index contributed by atoms with van der Waals surface area (Å²) in [6.07, 6.45) is -59.1. The van der Waals surface area contributed by atoms with Crippen molar-refractivity contribution in [3.63, 3.8) is 0 Å². The van der Waals surface area contributed by atoms with Gasteiger partial charge in [-0.15, -0.1) is 0 Å². The smallest absolute Gasteiger partial charge is 0.187 e. The predicted octanol–water partition coefficient (Wildman–Crippen LogP) is -5.04. The lowest BCUT2D eigenvalue weighted by atomic mass is 9.93. The van der Waals surface area contributed by atoms with E-state index in [2.05, 4.69) is 0 Å². The van der Waals surface area contributed by atoms with E-state index >= 15 is 0 Å². The average molecular weight is 1270 g/mol. The molecule has 16 unspecified atom stereocenters. The molecule has 26 saturated heterocycles. The van der Waals surface area contributed by atoms with Gasteiger partial charge in [-0.05, 0) is 51.4 Å². The monoisotopic (exact) mass is 1260 g/mol. The predicted molar refractivity (Wildman–Crippen MR) is 285 cm³/mol. The maximum Gasteiger partial charge on any atom is 0.187 e. The highest BCUT2D eigenvalue weighted by Gasteiger charge is 2.59. The Hall–Kier alpha value is -1.24. The lowest BCUT2D eigenvalue weighted by molar-refractivity contribution is -0.395. The fourth-order valence-electron chi connectivity index (χ4n) is 13.3. The van der Waals surface area contributed by atoms with Gasteiger partial charge in [-0.3, -0.25) is 0 Å². The molecule has 26 rings (SSSR count). The normalized spacial score (nSPS) is 55.0. The number of ether oxygens (including phenoxy) is 16. The van der Waals surface area contributed by atoms with Gasteiger partial charge >= 0.3 is 0 Å². The van der Waals surface area contributed by atoms with Crippen LogP contribution in [0.2, 0.25) is 0 Å². The molecule has 39 atom stereocenters. The molecule has 0 amide bonds. The molecule has 31 nitrogen and oxygen atoms in total. The third kappa shape index (κ3) is 14.1. The van der Waals surface area contributed by atoms with Gasteiger partial charge in [0.2, 0.25) is 0 Å². The van der Waals surface area contributed by atoms with Crippen LogP contribution < -0.4 is 0 Å². The van der Waals surface area contributed by atoms with Crippen LogP contribution in [0.25, 0.3) is 0 Å². The summed E-state index contributed by atoms with van der Waals surface area (Å²) >= 11 is 0. The number of aliphatic hydroxyl groups is 15. The number of rotatable bonds is 8. The Morgan fingerprint density at radius 1 is 0.195 bits per heavy atom. The van der Waals surface area contributed by atoms with Gasteiger partial charge in [0.25, 0.3) is 0 Å². The van der Waals surface area contributed by atoms with E-state index in [4.69, 9.17) is 75.8 Å². The molecule has 0 aromatic heterocycles. The Morgan fingerprint density at radius 2 is 0.402 bits per heavy atom. The molecule has 506 valence electrons. The van der Waals surface area contributed by atoms with E-state index in [-0.39, 0.29) is 57.8 Å². The van der Waals surface area contributed by atoms with Crippen molar-refractivity contribution >= 4 is 0 Å². The Labute approximate surface area is 503 Å². The average Bonchev–Trinajstić information content (AvgIpc) is 1.26. The van der Waals surface area contributed by atoms with Crippen LogP contribution in [0.5, 0.6) is 0 Å². The summed E-state index contributed by atoms with van der Waals surface area (Å²) in [5.74, 6) is 0. The Morgan fingerprint density at radius 3 is 0.655 bits per heavy atom. The first-order valence-electron chi connectivity index (χ1n) is 31.2. The van der Waals surface area contributed by atoms with Crippen molar-refractivity contribution in [3.05, 3.63) is 0 Å². The van der Waals surface area contributed by atoms with Crippen molar-refractivity contribution in [1.29, 1.82) is 0 Å². The van der Waals surface area contributed by atoms with Gasteiger partial charge in [0.05, 0.1) is 54.9 Å². The van der Waals surface area contributed by atoms with Gasteiger partial charge in [0.15, 0.2) is 50.3 Å². The summed E-state index contributed by atoms with van der Waals surface area (Å²) in [6, 6.07) is 0. The highest BCUT2D eigenvalue weighted by molar-refractivity contribution is 5.01. The van der Waals surface area contributed by atoms with Crippen molar-refractivity contribution in [2.45, 2.75) is 353 Å². The lowest BCUT2D eigenvalue weighted by Crippen LogP contribution is -2.67. The summed E-state index contributed by atoms with van der Waals surface area (Å²) in [7, 11) is 0. The van der Waals surface area contributed by atoms with Crippen LogP contribution >= 0.6 is 0 Å². The standard InChI is InChI=1S/C56H96O31/c1-9-19-27-17-18(57)49(72-19)81-42-21(11-3)74-50(35(65)29(42)59)82-43-22(12-4)75-51(36(66)30(43)60)83-44-23(13-5)76-52(37(67)31(44)61)84-45-24(14-6)77-53(38(68)32(45)62)85-46-25(15-7)78-54(39(69)33(46)63)86-47-26(16-8)79-55(40(70)34(47)64)87-48-28(58)20(10-2)73-56(80-27)41(48)71/h18-71H,9-17H2,1-8H3/t18?,19?,20?,21?,22?,23?,24?,25?,26?,27-,28+,29+,30+,31+,32+,33+,34+,35?,36?,37?,38?,39?,40?,41?,42+,43+,44+,45+,46+,47+,48-,49-,50+,51+,52+,53+,54+,55+,56-/m0/s1. The molecule has 87 heavy (non-hydrogen) atoms. The summed E-state index contributed by atoms with van der Waals surface area (Å²) in [5, 5.41) is 175. The minimum absolute atomic E-state index is 0.0913. The Bertz CT molecular complexity index is 2100.